The van der Waals surface area contributed by atoms with Crippen molar-refractivity contribution in [2.45, 2.75) is 13.5 Å². The lowest BCUT2D eigenvalue weighted by atomic mass is 10.1. The molecule has 1 amide bonds. The quantitative estimate of drug-likeness (QED) is 0.425. The first-order valence-corrected chi connectivity index (χ1v) is 10.1. The van der Waals surface area contributed by atoms with Gasteiger partial charge in [-0.25, -0.2) is 13.8 Å². The zero-order chi connectivity index (χ0) is 21.1. The van der Waals surface area contributed by atoms with Crippen molar-refractivity contribution in [1.82, 2.24) is 9.97 Å². The van der Waals surface area contributed by atoms with E-state index in [0.717, 1.165) is 22.4 Å². The predicted molar refractivity (Wildman–Crippen MR) is 112 cm³/mol. The van der Waals surface area contributed by atoms with Crippen LogP contribution in [0.5, 0.6) is 5.75 Å². The van der Waals surface area contributed by atoms with Crippen molar-refractivity contribution in [3.8, 4) is 5.75 Å². The molecule has 0 N–H and O–H groups in total. The highest BCUT2D eigenvalue weighted by molar-refractivity contribution is 7.22. The van der Waals surface area contributed by atoms with Crippen LogP contribution in [0.15, 0.2) is 60.9 Å². The number of benzene rings is 2. The number of carbonyl (C=O) groups is 1. The molecular weight excluding hydrogens is 408 g/mol. The number of ether oxygens (including phenoxy) is 1. The first kappa shape index (κ1) is 19.9. The van der Waals surface area contributed by atoms with Crippen LogP contribution in [0, 0.1) is 11.6 Å². The number of carbonyl (C=O) groups excluding carboxylic acids is 1. The van der Waals surface area contributed by atoms with E-state index in [-0.39, 0.29) is 12.1 Å². The van der Waals surface area contributed by atoms with Crippen molar-refractivity contribution >= 4 is 32.6 Å². The molecule has 0 saturated carbocycles. The van der Waals surface area contributed by atoms with Gasteiger partial charge in [-0.05, 0) is 42.8 Å². The molecule has 0 spiro atoms. The van der Waals surface area contributed by atoms with Gasteiger partial charge < -0.3 is 4.74 Å². The van der Waals surface area contributed by atoms with Crippen LogP contribution in [-0.4, -0.2) is 22.5 Å². The topological polar surface area (TPSA) is 55.3 Å². The summed E-state index contributed by atoms with van der Waals surface area (Å²) in [4.78, 5) is 23.3. The summed E-state index contributed by atoms with van der Waals surface area (Å²) in [6.07, 6.45) is 3.25. The standard InChI is InChI=1S/C22H17F2N3O2S/c1-2-29-18-6-3-7-19-20(18)26-22(30-19)27(13-14-5-4-10-25-12-14)21(28)16-9-8-15(23)11-17(16)24/h3-12H,2,13H2,1H3. The van der Waals surface area contributed by atoms with Crippen LogP contribution in [-0.2, 0) is 6.54 Å². The van der Waals surface area contributed by atoms with Gasteiger partial charge in [-0.1, -0.05) is 23.5 Å². The van der Waals surface area contributed by atoms with Gasteiger partial charge in [0.15, 0.2) is 5.13 Å². The van der Waals surface area contributed by atoms with E-state index >= 15 is 0 Å². The molecular formula is C22H17F2N3O2S. The summed E-state index contributed by atoms with van der Waals surface area (Å²) in [5, 5.41) is 0.384. The van der Waals surface area contributed by atoms with Gasteiger partial charge in [0, 0.05) is 18.5 Å². The minimum atomic E-state index is -0.924. The minimum absolute atomic E-state index is 0.132. The van der Waals surface area contributed by atoms with Crippen LogP contribution in [0.2, 0.25) is 0 Å². The van der Waals surface area contributed by atoms with E-state index in [1.165, 1.54) is 16.2 Å². The highest BCUT2D eigenvalue weighted by Crippen LogP contribution is 2.35. The lowest BCUT2D eigenvalue weighted by Gasteiger charge is -2.20. The van der Waals surface area contributed by atoms with Crippen molar-refractivity contribution < 1.29 is 18.3 Å². The fourth-order valence-corrected chi connectivity index (χ4v) is 3.99. The summed E-state index contributed by atoms with van der Waals surface area (Å²) in [5.41, 5.74) is 1.14. The second-order valence-electron chi connectivity index (χ2n) is 6.41. The van der Waals surface area contributed by atoms with Crippen LogP contribution in [0.4, 0.5) is 13.9 Å². The number of anilines is 1. The highest BCUT2D eigenvalue weighted by atomic mass is 32.1. The smallest absolute Gasteiger partial charge is 0.263 e. The molecule has 4 aromatic rings. The van der Waals surface area contributed by atoms with Crippen LogP contribution in [0.3, 0.4) is 0 Å². The van der Waals surface area contributed by atoms with Crippen molar-refractivity contribution in [1.29, 1.82) is 0 Å². The molecule has 4 rings (SSSR count). The Kier molecular flexibility index (Phi) is 5.67. The Morgan fingerprint density at radius 2 is 2.03 bits per heavy atom. The summed E-state index contributed by atoms with van der Waals surface area (Å²) >= 11 is 1.29. The van der Waals surface area contributed by atoms with Gasteiger partial charge in [0.25, 0.3) is 5.91 Å². The zero-order valence-corrected chi connectivity index (χ0v) is 16.8. The first-order chi connectivity index (χ1) is 14.6. The van der Waals surface area contributed by atoms with Crippen molar-refractivity contribution in [2.75, 3.05) is 11.5 Å². The first-order valence-electron chi connectivity index (χ1n) is 9.25. The van der Waals surface area contributed by atoms with Crippen LogP contribution in [0.1, 0.15) is 22.8 Å². The van der Waals surface area contributed by atoms with Gasteiger partial charge in [0.05, 0.1) is 23.4 Å². The summed E-state index contributed by atoms with van der Waals surface area (Å²) in [5.74, 6) is -1.68. The molecule has 0 atom stereocenters. The average Bonchev–Trinajstić information content (AvgIpc) is 3.17. The number of rotatable bonds is 6. The molecule has 0 aliphatic rings. The molecule has 2 aromatic heterocycles. The number of pyridine rings is 1. The molecule has 2 aromatic carbocycles. The van der Waals surface area contributed by atoms with E-state index in [9.17, 15) is 13.6 Å². The number of halogens is 2. The molecule has 8 heteroatoms. The van der Waals surface area contributed by atoms with Crippen LogP contribution < -0.4 is 9.64 Å². The minimum Gasteiger partial charge on any atom is -0.492 e. The number of aromatic nitrogens is 2. The molecule has 0 unspecified atom stereocenters. The Labute approximate surface area is 175 Å². The molecule has 152 valence electrons. The second-order valence-corrected chi connectivity index (χ2v) is 7.42. The van der Waals surface area contributed by atoms with Crippen LogP contribution >= 0.6 is 11.3 Å². The average molecular weight is 425 g/mol. The Hall–Kier alpha value is -3.39. The Morgan fingerprint density at radius 3 is 2.77 bits per heavy atom. The number of hydrogen-bond acceptors (Lipinski definition) is 5. The number of hydrogen-bond donors (Lipinski definition) is 0. The Bertz CT molecular complexity index is 1200. The summed E-state index contributed by atoms with van der Waals surface area (Å²) < 4.78 is 34.2. The number of nitrogens with zero attached hydrogens (tertiary/aromatic N) is 3. The third kappa shape index (κ3) is 3.99. The normalized spacial score (nSPS) is 10.9. The van der Waals surface area contributed by atoms with Gasteiger partial charge in [-0.3, -0.25) is 14.7 Å². The van der Waals surface area contributed by atoms with Gasteiger partial charge in [0.2, 0.25) is 0 Å². The van der Waals surface area contributed by atoms with E-state index in [2.05, 4.69) is 9.97 Å². The molecule has 30 heavy (non-hydrogen) atoms. The SMILES string of the molecule is CCOc1cccc2sc(N(Cc3cccnc3)C(=O)c3ccc(F)cc3F)nc12. The zero-order valence-electron chi connectivity index (χ0n) is 16.0. The largest absolute Gasteiger partial charge is 0.492 e. The fourth-order valence-electron chi connectivity index (χ4n) is 3.01. The summed E-state index contributed by atoms with van der Waals surface area (Å²) in [6, 6.07) is 12.0. The Balaban J connectivity index is 1.80. The molecule has 0 bridgehead atoms. The third-order valence-corrected chi connectivity index (χ3v) is 5.42. The van der Waals surface area contributed by atoms with Crippen LogP contribution in [0.25, 0.3) is 10.2 Å². The lowest BCUT2D eigenvalue weighted by Crippen LogP contribution is -2.31. The fraction of sp³-hybridized carbons (Fsp3) is 0.136. The molecule has 5 nitrogen and oxygen atoms in total. The van der Waals surface area contributed by atoms with Gasteiger partial charge in [0.1, 0.15) is 22.9 Å². The molecule has 0 saturated heterocycles. The van der Waals surface area contributed by atoms with Gasteiger partial charge in [-0.15, -0.1) is 0 Å². The monoisotopic (exact) mass is 425 g/mol. The predicted octanol–water partition coefficient (Wildman–Crippen LogP) is 5.22. The maximum Gasteiger partial charge on any atom is 0.263 e. The molecule has 0 radical (unpaired) electrons. The molecule has 2 heterocycles. The maximum absolute atomic E-state index is 14.3. The highest BCUT2D eigenvalue weighted by Gasteiger charge is 2.25. The van der Waals surface area contributed by atoms with E-state index in [1.54, 1.807) is 18.5 Å². The maximum atomic E-state index is 14.3. The summed E-state index contributed by atoms with van der Waals surface area (Å²) in [6.45, 7) is 2.49. The molecule has 0 aliphatic heterocycles. The van der Waals surface area contributed by atoms with Crippen molar-refractivity contribution in [2.24, 2.45) is 0 Å². The second kappa shape index (κ2) is 8.54. The van der Waals surface area contributed by atoms with E-state index < -0.39 is 17.5 Å². The number of para-hydroxylation sites is 1. The van der Waals surface area contributed by atoms with Gasteiger partial charge in [-0.2, -0.15) is 0 Å². The number of thiazole rings is 1. The number of amides is 1. The van der Waals surface area contributed by atoms with Gasteiger partial charge >= 0.3 is 0 Å². The summed E-state index contributed by atoms with van der Waals surface area (Å²) in [7, 11) is 0. The third-order valence-electron chi connectivity index (χ3n) is 4.37. The molecule has 0 fully saturated rings. The van der Waals surface area contributed by atoms with E-state index in [1.807, 2.05) is 31.2 Å². The Morgan fingerprint density at radius 1 is 1.17 bits per heavy atom. The lowest BCUT2D eigenvalue weighted by molar-refractivity contribution is 0.0981. The van der Waals surface area contributed by atoms with E-state index in [4.69, 9.17) is 4.74 Å². The van der Waals surface area contributed by atoms with E-state index in [0.29, 0.717) is 29.1 Å². The van der Waals surface area contributed by atoms with Crippen molar-refractivity contribution in [3.05, 3.63) is 83.7 Å². The number of fused-ring (bicyclic) bond motifs is 1. The van der Waals surface area contributed by atoms with Crippen molar-refractivity contribution in [3.63, 3.8) is 0 Å². The molecule has 0 aliphatic carbocycles.